The molecule has 2 nitrogen and oxygen atoms in total. The van der Waals surface area contributed by atoms with Crippen LogP contribution in [0, 0.1) is 0 Å². The highest BCUT2D eigenvalue weighted by Gasteiger charge is 1.95. The Balaban J connectivity index is 2.10. The molecular weight excluding hydrogens is 208 g/mol. The molecule has 0 saturated carbocycles. The van der Waals surface area contributed by atoms with Crippen molar-refractivity contribution in [2.24, 2.45) is 0 Å². The summed E-state index contributed by atoms with van der Waals surface area (Å²) >= 11 is 5.85. The van der Waals surface area contributed by atoms with E-state index in [0.29, 0.717) is 0 Å². The van der Waals surface area contributed by atoms with E-state index in [2.05, 4.69) is 17.2 Å². The number of pyridine rings is 1. The predicted octanol–water partition coefficient (Wildman–Crippen LogP) is 3.06. The van der Waals surface area contributed by atoms with E-state index in [4.69, 9.17) is 11.6 Å². The Labute approximate surface area is 97.1 Å². The fourth-order valence-corrected chi connectivity index (χ4v) is 1.67. The van der Waals surface area contributed by atoms with Gasteiger partial charge in [0.2, 0.25) is 0 Å². The van der Waals surface area contributed by atoms with Gasteiger partial charge < -0.3 is 5.32 Å². The minimum absolute atomic E-state index is 0.733. The predicted molar refractivity (Wildman–Crippen MR) is 65.3 cm³/mol. The normalized spacial score (nSPS) is 10.5. The lowest BCUT2D eigenvalue weighted by Crippen LogP contribution is -2.15. The van der Waals surface area contributed by atoms with Crippen molar-refractivity contribution in [1.82, 2.24) is 10.3 Å². The fourth-order valence-electron chi connectivity index (χ4n) is 1.47. The molecule has 0 bridgehead atoms. The third kappa shape index (κ3) is 5.75. The summed E-state index contributed by atoms with van der Waals surface area (Å²) in [6.07, 6.45) is 8.25. The Kier molecular flexibility index (Phi) is 6.37. The number of halogens is 1. The summed E-state index contributed by atoms with van der Waals surface area (Å²) in [6, 6.07) is 1.99. The maximum Gasteiger partial charge on any atom is 0.0592 e. The van der Waals surface area contributed by atoms with Crippen molar-refractivity contribution in [1.29, 1.82) is 0 Å². The van der Waals surface area contributed by atoms with Crippen LogP contribution < -0.4 is 5.32 Å². The quantitative estimate of drug-likeness (QED) is 0.723. The van der Waals surface area contributed by atoms with Crippen LogP contribution in [0.25, 0.3) is 0 Å². The molecule has 1 aromatic rings. The summed E-state index contributed by atoms with van der Waals surface area (Å²) in [7, 11) is 0. The molecule has 0 amide bonds. The van der Waals surface area contributed by atoms with Gasteiger partial charge in [-0.25, -0.2) is 0 Å². The van der Waals surface area contributed by atoms with Gasteiger partial charge in [-0.05, 0) is 50.4 Å². The summed E-state index contributed by atoms with van der Waals surface area (Å²) in [5.74, 6) is 0. The third-order valence-corrected chi connectivity index (χ3v) is 2.46. The van der Waals surface area contributed by atoms with Gasteiger partial charge in [0.05, 0.1) is 5.02 Å². The highest BCUT2D eigenvalue weighted by molar-refractivity contribution is 6.30. The van der Waals surface area contributed by atoms with Gasteiger partial charge in [0.25, 0.3) is 0 Å². The molecule has 0 aliphatic carbocycles. The number of aryl methyl sites for hydroxylation is 1. The van der Waals surface area contributed by atoms with Crippen molar-refractivity contribution >= 4 is 11.6 Å². The highest BCUT2D eigenvalue weighted by Crippen LogP contribution is 2.10. The van der Waals surface area contributed by atoms with Gasteiger partial charge in [-0.3, -0.25) is 4.98 Å². The van der Waals surface area contributed by atoms with Crippen molar-refractivity contribution in [2.45, 2.75) is 32.6 Å². The molecular formula is C12H19ClN2. The van der Waals surface area contributed by atoms with E-state index in [9.17, 15) is 0 Å². The molecule has 0 aliphatic rings. The van der Waals surface area contributed by atoms with Gasteiger partial charge in [-0.15, -0.1) is 0 Å². The van der Waals surface area contributed by atoms with E-state index in [1.54, 1.807) is 6.20 Å². The molecule has 0 unspecified atom stereocenters. The van der Waals surface area contributed by atoms with Crippen LogP contribution >= 0.6 is 11.6 Å². The number of hydrogen-bond donors (Lipinski definition) is 1. The van der Waals surface area contributed by atoms with Gasteiger partial charge in [0.1, 0.15) is 0 Å². The van der Waals surface area contributed by atoms with E-state index in [1.165, 1.54) is 24.8 Å². The van der Waals surface area contributed by atoms with Crippen LogP contribution in [0.3, 0.4) is 0 Å². The fraction of sp³-hybridized carbons (Fsp3) is 0.583. The van der Waals surface area contributed by atoms with Crippen LogP contribution in [0.15, 0.2) is 18.5 Å². The zero-order valence-corrected chi connectivity index (χ0v) is 10.1. The molecule has 3 heteroatoms. The van der Waals surface area contributed by atoms with Crippen LogP contribution in [0.1, 0.15) is 31.7 Å². The summed E-state index contributed by atoms with van der Waals surface area (Å²) < 4.78 is 0. The van der Waals surface area contributed by atoms with Crippen LogP contribution in [-0.2, 0) is 6.42 Å². The molecule has 1 rings (SSSR count). The van der Waals surface area contributed by atoms with Crippen molar-refractivity contribution in [3.8, 4) is 0 Å². The number of nitrogens with zero attached hydrogens (tertiary/aromatic N) is 1. The smallest absolute Gasteiger partial charge is 0.0592 e. The van der Waals surface area contributed by atoms with E-state index < -0.39 is 0 Å². The zero-order valence-electron chi connectivity index (χ0n) is 9.30. The average molecular weight is 227 g/mol. The second kappa shape index (κ2) is 7.66. The maximum absolute atomic E-state index is 5.85. The minimum Gasteiger partial charge on any atom is -0.317 e. The Morgan fingerprint density at radius 1 is 1.27 bits per heavy atom. The van der Waals surface area contributed by atoms with Gasteiger partial charge in [0, 0.05) is 12.4 Å². The summed E-state index contributed by atoms with van der Waals surface area (Å²) in [5.41, 5.74) is 1.23. The first kappa shape index (κ1) is 12.5. The molecule has 0 atom stereocenters. The largest absolute Gasteiger partial charge is 0.317 e. The molecule has 0 fully saturated rings. The summed E-state index contributed by atoms with van der Waals surface area (Å²) in [5, 5.41) is 4.12. The maximum atomic E-state index is 5.85. The van der Waals surface area contributed by atoms with Crippen molar-refractivity contribution < 1.29 is 0 Å². The molecule has 0 radical (unpaired) electrons. The topological polar surface area (TPSA) is 24.9 Å². The Morgan fingerprint density at radius 3 is 2.87 bits per heavy atom. The van der Waals surface area contributed by atoms with Crippen molar-refractivity contribution in [3.05, 3.63) is 29.0 Å². The van der Waals surface area contributed by atoms with Gasteiger partial charge in [0.15, 0.2) is 0 Å². The number of aromatic nitrogens is 1. The lowest BCUT2D eigenvalue weighted by molar-refractivity contribution is 0.616. The first-order valence-corrected chi connectivity index (χ1v) is 6.01. The number of hydrogen-bond acceptors (Lipinski definition) is 2. The van der Waals surface area contributed by atoms with Crippen LogP contribution in [0.4, 0.5) is 0 Å². The lowest BCUT2D eigenvalue weighted by atomic mass is 10.1. The molecule has 1 aromatic heterocycles. The monoisotopic (exact) mass is 226 g/mol. The first-order valence-electron chi connectivity index (χ1n) is 5.63. The molecule has 0 saturated heterocycles. The van der Waals surface area contributed by atoms with Crippen molar-refractivity contribution in [3.63, 3.8) is 0 Å². The summed E-state index contributed by atoms with van der Waals surface area (Å²) in [6.45, 7) is 4.42. The van der Waals surface area contributed by atoms with Crippen LogP contribution in [0.5, 0.6) is 0 Å². The highest BCUT2D eigenvalue weighted by atomic mass is 35.5. The lowest BCUT2D eigenvalue weighted by Gasteiger charge is -2.03. The first-order chi connectivity index (χ1) is 7.33. The number of nitrogens with one attached hydrogen (secondary N) is 1. The van der Waals surface area contributed by atoms with E-state index in [0.717, 1.165) is 24.5 Å². The van der Waals surface area contributed by atoms with E-state index in [-0.39, 0.29) is 0 Å². The van der Waals surface area contributed by atoms with E-state index in [1.807, 2.05) is 12.3 Å². The van der Waals surface area contributed by atoms with Gasteiger partial charge in [-0.1, -0.05) is 18.5 Å². The van der Waals surface area contributed by atoms with Gasteiger partial charge >= 0.3 is 0 Å². The summed E-state index contributed by atoms with van der Waals surface area (Å²) in [4.78, 5) is 4.06. The average Bonchev–Trinajstić information content (AvgIpc) is 2.23. The van der Waals surface area contributed by atoms with Crippen LogP contribution in [0.2, 0.25) is 5.02 Å². The molecule has 84 valence electrons. The number of rotatable bonds is 7. The second-order valence-corrected chi connectivity index (χ2v) is 4.15. The number of unbranched alkanes of at least 4 members (excludes halogenated alkanes) is 1. The van der Waals surface area contributed by atoms with Crippen LogP contribution in [-0.4, -0.2) is 18.1 Å². The van der Waals surface area contributed by atoms with Gasteiger partial charge in [-0.2, -0.15) is 0 Å². The molecule has 0 aromatic carbocycles. The third-order valence-electron chi connectivity index (χ3n) is 2.26. The Morgan fingerprint density at radius 2 is 2.13 bits per heavy atom. The molecule has 0 spiro atoms. The Bertz CT molecular complexity index is 276. The zero-order chi connectivity index (χ0) is 10.9. The van der Waals surface area contributed by atoms with Crippen molar-refractivity contribution in [2.75, 3.05) is 13.1 Å². The minimum atomic E-state index is 0.733. The van der Waals surface area contributed by atoms with E-state index >= 15 is 0 Å². The second-order valence-electron chi connectivity index (χ2n) is 3.72. The molecule has 1 heterocycles. The molecule has 15 heavy (non-hydrogen) atoms. The SMILES string of the molecule is CCCNCCCCc1cncc(Cl)c1. The standard InChI is InChI=1S/C12H19ClN2/c1-2-6-14-7-4-3-5-11-8-12(13)10-15-9-11/h8-10,14H,2-7H2,1H3. The molecule has 1 N–H and O–H groups in total. The molecule has 0 aliphatic heterocycles. The Hall–Kier alpha value is -0.600.